The maximum atomic E-state index is 5.69. The smallest absolute Gasteiger partial charge is 0.0472 e. The highest BCUT2D eigenvalue weighted by Gasteiger charge is 2.16. The molecule has 19 heavy (non-hydrogen) atoms. The first kappa shape index (κ1) is 16.2. The fourth-order valence-electron chi connectivity index (χ4n) is 2.24. The van der Waals surface area contributed by atoms with Gasteiger partial charge in [-0.15, -0.1) is 0 Å². The lowest BCUT2D eigenvalue weighted by Crippen LogP contribution is -2.36. The molecule has 0 heterocycles. The summed E-state index contributed by atoms with van der Waals surface area (Å²) in [6.07, 6.45) is 0. The van der Waals surface area contributed by atoms with Gasteiger partial charge in [0, 0.05) is 24.7 Å². The van der Waals surface area contributed by atoms with E-state index in [9.17, 15) is 0 Å². The van der Waals surface area contributed by atoms with Gasteiger partial charge in [0.05, 0.1) is 0 Å². The minimum absolute atomic E-state index is 0.416. The number of halogens is 1. The molecule has 0 saturated heterocycles. The third-order valence-electron chi connectivity index (χ3n) is 3.37. The average Bonchev–Trinajstić information content (AvgIpc) is 2.47. The van der Waals surface area contributed by atoms with Crippen molar-refractivity contribution < 1.29 is 0 Å². The van der Waals surface area contributed by atoms with Gasteiger partial charge in [-0.25, -0.2) is 0 Å². The second-order valence-corrected chi connectivity index (χ2v) is 4.95. The molecule has 0 fully saturated rings. The van der Waals surface area contributed by atoms with E-state index in [1.807, 2.05) is 6.92 Å². The van der Waals surface area contributed by atoms with Crippen LogP contribution in [0.3, 0.4) is 0 Å². The van der Waals surface area contributed by atoms with Gasteiger partial charge in [-0.05, 0) is 31.1 Å². The molecule has 1 aromatic carbocycles. The largest absolute Gasteiger partial charge is 0.311 e. The van der Waals surface area contributed by atoms with Crippen molar-refractivity contribution in [1.82, 2.24) is 10.2 Å². The number of rotatable bonds is 8. The lowest BCUT2D eigenvalue weighted by atomic mass is 10.1. The van der Waals surface area contributed by atoms with Crippen molar-refractivity contribution in [3.63, 3.8) is 0 Å². The Morgan fingerprint density at radius 2 is 1.89 bits per heavy atom. The second-order valence-electron chi connectivity index (χ2n) is 4.73. The predicted octanol–water partition coefficient (Wildman–Crippen LogP) is 3.80. The molecule has 0 saturated carbocycles. The van der Waals surface area contributed by atoms with Gasteiger partial charge in [0.25, 0.3) is 0 Å². The molecule has 0 aliphatic heterocycles. The van der Waals surface area contributed by atoms with E-state index < -0.39 is 0 Å². The SMILES string of the molecule is CCN(CC)C(CNC/C(C)=C/Cl)c1ccccc1. The van der Waals surface area contributed by atoms with Crippen LogP contribution in [0.25, 0.3) is 0 Å². The summed E-state index contributed by atoms with van der Waals surface area (Å²) in [5.41, 5.74) is 4.17. The molecular formula is C16H25ClN2. The molecule has 0 aliphatic carbocycles. The zero-order valence-electron chi connectivity index (χ0n) is 12.2. The Morgan fingerprint density at radius 1 is 1.26 bits per heavy atom. The van der Waals surface area contributed by atoms with Crippen molar-refractivity contribution in [3.8, 4) is 0 Å². The van der Waals surface area contributed by atoms with Gasteiger partial charge in [-0.3, -0.25) is 4.90 Å². The van der Waals surface area contributed by atoms with E-state index in [0.29, 0.717) is 6.04 Å². The van der Waals surface area contributed by atoms with Crippen LogP contribution in [0, 0.1) is 0 Å². The van der Waals surface area contributed by atoms with Gasteiger partial charge in [0.15, 0.2) is 0 Å². The Labute approximate surface area is 122 Å². The van der Waals surface area contributed by atoms with E-state index in [1.165, 1.54) is 5.56 Å². The molecule has 0 aliphatic rings. The first-order valence-corrected chi connectivity index (χ1v) is 7.42. The zero-order valence-corrected chi connectivity index (χ0v) is 13.0. The van der Waals surface area contributed by atoms with Crippen LogP contribution < -0.4 is 5.32 Å². The third kappa shape index (κ3) is 5.35. The molecule has 106 valence electrons. The van der Waals surface area contributed by atoms with E-state index >= 15 is 0 Å². The van der Waals surface area contributed by atoms with E-state index in [1.54, 1.807) is 5.54 Å². The summed E-state index contributed by atoms with van der Waals surface area (Å²) < 4.78 is 0. The monoisotopic (exact) mass is 280 g/mol. The zero-order chi connectivity index (χ0) is 14.1. The minimum atomic E-state index is 0.416. The number of hydrogen-bond acceptors (Lipinski definition) is 2. The molecule has 0 radical (unpaired) electrons. The first-order chi connectivity index (χ1) is 9.22. The van der Waals surface area contributed by atoms with Crippen LogP contribution in [-0.4, -0.2) is 31.1 Å². The fraction of sp³-hybridized carbons (Fsp3) is 0.500. The summed E-state index contributed by atoms with van der Waals surface area (Å²) in [7, 11) is 0. The van der Waals surface area contributed by atoms with E-state index in [4.69, 9.17) is 11.6 Å². The van der Waals surface area contributed by atoms with Crippen molar-refractivity contribution in [2.24, 2.45) is 0 Å². The topological polar surface area (TPSA) is 15.3 Å². The molecular weight excluding hydrogens is 256 g/mol. The van der Waals surface area contributed by atoms with Crippen molar-refractivity contribution in [2.75, 3.05) is 26.2 Å². The van der Waals surface area contributed by atoms with Crippen LogP contribution in [0.1, 0.15) is 32.4 Å². The molecule has 0 bridgehead atoms. The van der Waals surface area contributed by atoms with E-state index in [-0.39, 0.29) is 0 Å². The second kappa shape index (κ2) is 9.13. The number of nitrogens with one attached hydrogen (secondary N) is 1. The third-order valence-corrected chi connectivity index (χ3v) is 3.74. The Kier molecular flexibility index (Phi) is 7.80. The number of hydrogen-bond donors (Lipinski definition) is 1. The first-order valence-electron chi connectivity index (χ1n) is 6.98. The van der Waals surface area contributed by atoms with Crippen molar-refractivity contribution in [2.45, 2.75) is 26.8 Å². The highest BCUT2D eigenvalue weighted by atomic mass is 35.5. The molecule has 0 amide bonds. The lowest BCUT2D eigenvalue weighted by molar-refractivity contribution is 0.214. The Bertz CT molecular complexity index is 372. The predicted molar refractivity (Wildman–Crippen MR) is 84.6 cm³/mol. The maximum absolute atomic E-state index is 5.69. The number of benzene rings is 1. The fourth-order valence-corrected chi connectivity index (χ4v) is 2.32. The summed E-state index contributed by atoms with van der Waals surface area (Å²) in [5, 5.41) is 3.49. The quantitative estimate of drug-likeness (QED) is 0.779. The van der Waals surface area contributed by atoms with Gasteiger partial charge >= 0.3 is 0 Å². The highest BCUT2D eigenvalue weighted by molar-refractivity contribution is 6.25. The summed E-state index contributed by atoms with van der Waals surface area (Å²) in [4.78, 5) is 2.47. The number of nitrogens with zero attached hydrogens (tertiary/aromatic N) is 1. The van der Waals surface area contributed by atoms with Crippen LogP contribution in [0.4, 0.5) is 0 Å². The lowest BCUT2D eigenvalue weighted by Gasteiger charge is -2.30. The van der Waals surface area contributed by atoms with Crippen LogP contribution in [-0.2, 0) is 0 Å². The van der Waals surface area contributed by atoms with Crippen molar-refractivity contribution in [1.29, 1.82) is 0 Å². The average molecular weight is 281 g/mol. The minimum Gasteiger partial charge on any atom is -0.311 e. The van der Waals surface area contributed by atoms with Crippen LogP contribution in [0.2, 0.25) is 0 Å². The van der Waals surface area contributed by atoms with Crippen LogP contribution in [0.15, 0.2) is 41.4 Å². The van der Waals surface area contributed by atoms with Gasteiger partial charge in [0.2, 0.25) is 0 Å². The molecule has 1 aromatic rings. The molecule has 1 rings (SSSR count). The standard InChI is InChI=1S/C16H25ClN2/c1-4-19(5-2)16(13-18-12-14(3)11-17)15-9-7-6-8-10-15/h6-11,16,18H,4-5,12-13H2,1-3H3/b14-11+. The normalized spacial score (nSPS) is 13.8. The molecule has 2 nitrogen and oxygen atoms in total. The van der Waals surface area contributed by atoms with E-state index in [0.717, 1.165) is 31.8 Å². The van der Waals surface area contributed by atoms with Crippen molar-refractivity contribution in [3.05, 3.63) is 47.0 Å². The van der Waals surface area contributed by atoms with Gasteiger partial charge < -0.3 is 5.32 Å². The molecule has 1 N–H and O–H groups in total. The highest BCUT2D eigenvalue weighted by Crippen LogP contribution is 2.19. The van der Waals surface area contributed by atoms with Crippen LogP contribution in [0.5, 0.6) is 0 Å². The molecule has 1 unspecified atom stereocenters. The summed E-state index contributed by atoms with van der Waals surface area (Å²) in [5.74, 6) is 0. The molecule has 0 aromatic heterocycles. The van der Waals surface area contributed by atoms with Crippen LogP contribution >= 0.6 is 11.6 Å². The number of likely N-dealkylation sites (N-methyl/N-ethyl adjacent to an activating group) is 1. The molecule has 1 atom stereocenters. The van der Waals surface area contributed by atoms with Crippen molar-refractivity contribution >= 4 is 11.6 Å². The Hall–Kier alpha value is -0.830. The van der Waals surface area contributed by atoms with Gasteiger partial charge in [-0.1, -0.05) is 55.8 Å². The van der Waals surface area contributed by atoms with Gasteiger partial charge in [-0.2, -0.15) is 0 Å². The summed E-state index contributed by atoms with van der Waals surface area (Å²) in [6.45, 7) is 10.4. The Balaban J connectivity index is 2.70. The molecule has 0 spiro atoms. The van der Waals surface area contributed by atoms with E-state index in [2.05, 4.69) is 54.4 Å². The molecule has 3 heteroatoms. The maximum Gasteiger partial charge on any atom is 0.0472 e. The summed E-state index contributed by atoms with van der Waals surface area (Å²) in [6, 6.07) is 11.1. The summed E-state index contributed by atoms with van der Waals surface area (Å²) >= 11 is 5.69. The Morgan fingerprint density at radius 3 is 2.42 bits per heavy atom. The van der Waals surface area contributed by atoms with Gasteiger partial charge in [0.1, 0.15) is 0 Å².